The van der Waals surface area contributed by atoms with E-state index in [1.54, 1.807) is 13.2 Å². The highest BCUT2D eigenvalue weighted by molar-refractivity contribution is 5.87. The summed E-state index contributed by atoms with van der Waals surface area (Å²) in [6, 6.07) is -1.85. The summed E-state index contributed by atoms with van der Waals surface area (Å²) >= 11 is 0. The maximum absolute atomic E-state index is 11.9. The van der Waals surface area contributed by atoms with Crippen molar-refractivity contribution in [1.82, 2.24) is 15.1 Å². The molecule has 19 heavy (non-hydrogen) atoms. The third-order valence-corrected chi connectivity index (χ3v) is 3.15. The summed E-state index contributed by atoms with van der Waals surface area (Å²) in [5.74, 6) is -1.62. The van der Waals surface area contributed by atoms with Gasteiger partial charge in [-0.1, -0.05) is 20.3 Å². The van der Waals surface area contributed by atoms with Crippen molar-refractivity contribution in [3.63, 3.8) is 0 Å². The molecule has 0 fully saturated rings. The van der Waals surface area contributed by atoms with Crippen molar-refractivity contribution in [2.45, 2.75) is 32.4 Å². The monoisotopic (exact) mass is 268 g/mol. The van der Waals surface area contributed by atoms with Crippen molar-refractivity contribution < 1.29 is 14.7 Å². The van der Waals surface area contributed by atoms with Gasteiger partial charge in [0.1, 0.15) is 0 Å². The molecule has 0 aliphatic rings. The third kappa shape index (κ3) is 3.78. The van der Waals surface area contributed by atoms with E-state index in [0.29, 0.717) is 5.56 Å². The Hall–Kier alpha value is -1.89. The normalized spacial score (nSPS) is 15.6. The lowest BCUT2D eigenvalue weighted by atomic mass is 9.99. The highest BCUT2D eigenvalue weighted by atomic mass is 16.4. The minimum absolute atomic E-state index is 0.0108. The highest BCUT2D eigenvalue weighted by Gasteiger charge is 2.27. The molecule has 0 aromatic carbocycles. The van der Waals surface area contributed by atoms with E-state index in [2.05, 4.69) is 10.4 Å². The summed E-state index contributed by atoms with van der Waals surface area (Å²) in [7, 11) is 1.68. The van der Waals surface area contributed by atoms with E-state index >= 15 is 0 Å². The molecule has 0 aliphatic heterocycles. The fourth-order valence-corrected chi connectivity index (χ4v) is 1.63. The summed E-state index contributed by atoms with van der Waals surface area (Å²) < 4.78 is 1.48. The summed E-state index contributed by atoms with van der Waals surface area (Å²) in [6.07, 6.45) is 3.71. The minimum atomic E-state index is -1.14. The lowest BCUT2D eigenvalue weighted by Crippen LogP contribution is -2.47. The van der Waals surface area contributed by atoms with Crippen molar-refractivity contribution in [3.8, 4) is 0 Å². The molecule has 106 valence electrons. The van der Waals surface area contributed by atoms with Gasteiger partial charge >= 0.3 is 5.97 Å². The predicted molar refractivity (Wildman–Crippen MR) is 69.2 cm³/mol. The van der Waals surface area contributed by atoms with Crippen molar-refractivity contribution >= 4 is 11.9 Å². The number of carbonyl (C=O) groups is 2. The average Bonchev–Trinajstić information content (AvgIpc) is 2.79. The van der Waals surface area contributed by atoms with Gasteiger partial charge in [0, 0.05) is 18.8 Å². The number of rotatable bonds is 6. The van der Waals surface area contributed by atoms with Crippen molar-refractivity contribution in [2.24, 2.45) is 18.7 Å². The number of nitrogens with zero attached hydrogens (tertiary/aromatic N) is 2. The second-order valence-corrected chi connectivity index (χ2v) is 4.64. The molecule has 3 unspecified atom stereocenters. The SMILES string of the molecule is CCC(C)C(N)C(=O)NC(C(=O)O)c1cnn(C)c1. The van der Waals surface area contributed by atoms with Crippen molar-refractivity contribution in [3.05, 3.63) is 18.0 Å². The van der Waals surface area contributed by atoms with E-state index in [4.69, 9.17) is 10.8 Å². The molecule has 4 N–H and O–H groups in total. The molecular formula is C12H20N4O3. The van der Waals surface area contributed by atoms with Gasteiger partial charge in [-0.05, 0) is 5.92 Å². The number of aryl methyl sites for hydroxylation is 1. The number of aromatic nitrogens is 2. The van der Waals surface area contributed by atoms with E-state index in [9.17, 15) is 9.59 Å². The van der Waals surface area contributed by atoms with Crippen molar-refractivity contribution in [1.29, 1.82) is 0 Å². The summed E-state index contributed by atoms with van der Waals surface area (Å²) in [5, 5.41) is 15.5. The van der Waals surface area contributed by atoms with Gasteiger partial charge in [0.2, 0.25) is 5.91 Å². The molecule has 0 aliphatic carbocycles. The molecule has 1 heterocycles. The van der Waals surface area contributed by atoms with E-state index in [1.165, 1.54) is 10.9 Å². The molecule has 1 rings (SSSR count). The topological polar surface area (TPSA) is 110 Å². The van der Waals surface area contributed by atoms with Crippen LogP contribution in [0.4, 0.5) is 0 Å². The minimum Gasteiger partial charge on any atom is -0.479 e. The van der Waals surface area contributed by atoms with Gasteiger partial charge in [0.15, 0.2) is 6.04 Å². The van der Waals surface area contributed by atoms with Crippen LogP contribution in [0.15, 0.2) is 12.4 Å². The molecule has 1 aromatic heterocycles. The molecule has 7 heteroatoms. The quantitative estimate of drug-likeness (QED) is 0.674. The second kappa shape index (κ2) is 6.33. The number of carboxylic acid groups (broad SMARTS) is 1. The Balaban J connectivity index is 2.80. The van der Waals surface area contributed by atoms with E-state index in [0.717, 1.165) is 6.42 Å². The third-order valence-electron chi connectivity index (χ3n) is 3.15. The Morgan fingerprint density at radius 3 is 2.63 bits per heavy atom. The van der Waals surface area contributed by atoms with Crippen molar-refractivity contribution in [2.75, 3.05) is 0 Å². The zero-order chi connectivity index (χ0) is 14.6. The number of carbonyl (C=O) groups excluding carboxylic acids is 1. The first kappa shape index (κ1) is 15.2. The molecule has 3 atom stereocenters. The van der Waals surface area contributed by atoms with Crippen LogP contribution in [0.1, 0.15) is 31.9 Å². The Morgan fingerprint density at radius 1 is 1.58 bits per heavy atom. The molecule has 0 saturated carbocycles. The van der Waals surface area contributed by atoms with Crippen LogP contribution in [0.2, 0.25) is 0 Å². The lowest BCUT2D eigenvalue weighted by Gasteiger charge is -2.20. The van der Waals surface area contributed by atoms with Crippen LogP contribution >= 0.6 is 0 Å². The number of hydrogen-bond donors (Lipinski definition) is 3. The molecule has 0 radical (unpaired) electrons. The zero-order valence-corrected chi connectivity index (χ0v) is 11.3. The Bertz CT molecular complexity index is 458. The molecular weight excluding hydrogens is 248 g/mol. The largest absolute Gasteiger partial charge is 0.479 e. The van der Waals surface area contributed by atoms with Crippen LogP contribution in [0.3, 0.4) is 0 Å². The van der Waals surface area contributed by atoms with Gasteiger partial charge in [-0.25, -0.2) is 4.79 Å². The molecule has 1 aromatic rings. The van der Waals surface area contributed by atoms with Crippen LogP contribution < -0.4 is 11.1 Å². The number of amides is 1. The summed E-state index contributed by atoms with van der Waals surface area (Å²) in [4.78, 5) is 23.1. The Morgan fingerprint density at radius 2 is 2.21 bits per heavy atom. The number of aliphatic carboxylic acids is 1. The van der Waals surface area contributed by atoms with Gasteiger partial charge < -0.3 is 16.2 Å². The fraction of sp³-hybridized carbons (Fsp3) is 0.583. The van der Waals surface area contributed by atoms with Crippen LogP contribution in [0.25, 0.3) is 0 Å². The molecule has 0 saturated heterocycles. The number of carboxylic acids is 1. The first-order valence-electron chi connectivity index (χ1n) is 6.14. The summed E-state index contributed by atoms with van der Waals surface area (Å²) in [5.41, 5.74) is 6.19. The molecule has 0 bridgehead atoms. The summed E-state index contributed by atoms with van der Waals surface area (Å²) in [6.45, 7) is 3.78. The second-order valence-electron chi connectivity index (χ2n) is 4.64. The molecule has 0 spiro atoms. The lowest BCUT2D eigenvalue weighted by molar-refractivity contribution is -0.142. The Labute approximate surface area is 111 Å². The molecule has 7 nitrogen and oxygen atoms in total. The number of nitrogens with two attached hydrogens (primary N) is 1. The zero-order valence-electron chi connectivity index (χ0n) is 11.3. The van der Waals surface area contributed by atoms with E-state index in [1.807, 2.05) is 13.8 Å². The van der Waals surface area contributed by atoms with E-state index < -0.39 is 24.0 Å². The Kier molecular flexibility index (Phi) is 5.05. The predicted octanol–water partition coefficient (Wildman–Crippen LogP) is 0.0354. The van der Waals surface area contributed by atoms with E-state index in [-0.39, 0.29) is 5.92 Å². The first-order valence-corrected chi connectivity index (χ1v) is 6.14. The number of hydrogen-bond acceptors (Lipinski definition) is 4. The maximum Gasteiger partial charge on any atom is 0.331 e. The first-order chi connectivity index (χ1) is 8.86. The average molecular weight is 268 g/mol. The van der Waals surface area contributed by atoms with Crippen LogP contribution in [0, 0.1) is 5.92 Å². The number of nitrogens with one attached hydrogen (secondary N) is 1. The van der Waals surface area contributed by atoms with Crippen LogP contribution in [0.5, 0.6) is 0 Å². The van der Waals surface area contributed by atoms with Crippen LogP contribution in [-0.2, 0) is 16.6 Å². The smallest absolute Gasteiger partial charge is 0.331 e. The van der Waals surface area contributed by atoms with Gasteiger partial charge in [-0.15, -0.1) is 0 Å². The van der Waals surface area contributed by atoms with Gasteiger partial charge in [0.25, 0.3) is 0 Å². The van der Waals surface area contributed by atoms with Gasteiger partial charge in [-0.2, -0.15) is 5.10 Å². The highest BCUT2D eigenvalue weighted by Crippen LogP contribution is 2.13. The van der Waals surface area contributed by atoms with Crippen LogP contribution in [-0.4, -0.2) is 32.8 Å². The standard InChI is InChI=1S/C12H20N4O3/c1-4-7(2)9(13)11(17)15-10(12(18)19)8-5-14-16(3)6-8/h5-7,9-10H,4,13H2,1-3H3,(H,15,17)(H,18,19). The molecule has 1 amide bonds. The van der Waals surface area contributed by atoms with Gasteiger partial charge in [-0.3, -0.25) is 9.48 Å². The van der Waals surface area contributed by atoms with Gasteiger partial charge in [0.05, 0.1) is 12.2 Å². The maximum atomic E-state index is 11.9. The fourth-order valence-electron chi connectivity index (χ4n) is 1.63.